The maximum atomic E-state index is 12.3. The van der Waals surface area contributed by atoms with E-state index in [0.29, 0.717) is 0 Å². The van der Waals surface area contributed by atoms with E-state index in [9.17, 15) is 13.2 Å². The first-order chi connectivity index (χ1) is 13.5. The van der Waals surface area contributed by atoms with Crippen molar-refractivity contribution in [1.82, 2.24) is 0 Å². The second kappa shape index (κ2) is 9.60. The molecular formula is C22H23F3N2OS. The number of allylic oxidation sites excluding steroid dienone is 4. The fraction of sp³-hybridized carbons (Fsp3) is 0.227. The molecule has 4 N–H and O–H groups in total. The lowest BCUT2D eigenvalue weighted by molar-refractivity contribution is -0.274. The molecule has 29 heavy (non-hydrogen) atoms. The van der Waals surface area contributed by atoms with Crippen LogP contribution in [0.4, 0.5) is 13.2 Å². The minimum Gasteiger partial charge on any atom is -0.406 e. The lowest BCUT2D eigenvalue weighted by Gasteiger charge is -2.16. The van der Waals surface area contributed by atoms with Crippen molar-refractivity contribution >= 4 is 28.5 Å². The van der Waals surface area contributed by atoms with Crippen LogP contribution in [0.25, 0.3) is 11.1 Å². The molecule has 3 nitrogen and oxygen atoms in total. The Labute approximate surface area is 173 Å². The van der Waals surface area contributed by atoms with Crippen LogP contribution >= 0.6 is 12.2 Å². The quantitative estimate of drug-likeness (QED) is 0.630. The smallest absolute Gasteiger partial charge is 0.406 e. The second-order valence-corrected chi connectivity index (χ2v) is 7.19. The number of aryl methyl sites for hydroxylation is 2. The van der Waals surface area contributed by atoms with Gasteiger partial charge in [0, 0.05) is 0 Å². The molecule has 1 aliphatic rings. The van der Waals surface area contributed by atoms with Crippen LogP contribution in [0.5, 0.6) is 5.75 Å². The summed E-state index contributed by atoms with van der Waals surface area (Å²) in [5.41, 5.74) is 16.0. The molecule has 0 saturated carbocycles. The molecule has 2 aromatic rings. The highest BCUT2D eigenvalue weighted by molar-refractivity contribution is 7.80. The number of hydrogen-bond donors (Lipinski definition) is 2. The third-order valence-electron chi connectivity index (χ3n) is 4.12. The Balaban J connectivity index is 0.000000687. The van der Waals surface area contributed by atoms with Crippen molar-refractivity contribution < 1.29 is 17.9 Å². The van der Waals surface area contributed by atoms with E-state index in [1.807, 2.05) is 0 Å². The van der Waals surface area contributed by atoms with E-state index in [4.69, 9.17) is 0 Å². The van der Waals surface area contributed by atoms with Crippen molar-refractivity contribution in [2.75, 3.05) is 0 Å². The summed E-state index contributed by atoms with van der Waals surface area (Å²) in [4.78, 5) is 0. The molecule has 2 aromatic carbocycles. The van der Waals surface area contributed by atoms with E-state index in [1.54, 1.807) is 12.1 Å². The van der Waals surface area contributed by atoms with Crippen molar-refractivity contribution in [3.05, 3.63) is 76.9 Å². The Bertz CT molecular complexity index is 908. The minimum absolute atomic E-state index is 0.000000000000000222. The van der Waals surface area contributed by atoms with Crippen molar-refractivity contribution in [2.24, 2.45) is 11.5 Å². The number of thiocarbonyl (C=S) groups is 1. The Morgan fingerprint density at radius 2 is 1.52 bits per heavy atom. The van der Waals surface area contributed by atoms with Crippen LogP contribution in [-0.2, 0) is 0 Å². The van der Waals surface area contributed by atoms with E-state index in [2.05, 4.69) is 72.6 Å². The molecule has 0 radical (unpaired) electrons. The molecule has 0 atom stereocenters. The van der Waals surface area contributed by atoms with E-state index in [0.717, 1.165) is 29.6 Å². The van der Waals surface area contributed by atoms with Gasteiger partial charge in [-0.15, -0.1) is 13.2 Å². The molecule has 1 aliphatic carbocycles. The van der Waals surface area contributed by atoms with Crippen LogP contribution in [0.15, 0.2) is 54.6 Å². The van der Waals surface area contributed by atoms with Gasteiger partial charge in [0.1, 0.15) is 5.75 Å². The third kappa shape index (κ3) is 7.62. The van der Waals surface area contributed by atoms with Gasteiger partial charge in [-0.2, -0.15) is 0 Å². The molecule has 0 bridgehead atoms. The summed E-state index contributed by atoms with van der Waals surface area (Å²) >= 11 is 4.09. The summed E-state index contributed by atoms with van der Waals surface area (Å²) in [7, 11) is 0. The molecule has 0 heterocycles. The number of hydrogen-bond acceptors (Lipinski definition) is 2. The molecule has 0 fully saturated rings. The maximum Gasteiger partial charge on any atom is 0.573 e. The molecule has 0 aromatic heterocycles. The van der Waals surface area contributed by atoms with Crippen molar-refractivity contribution in [3.63, 3.8) is 0 Å². The Morgan fingerprint density at radius 3 is 2.03 bits per heavy atom. The van der Waals surface area contributed by atoms with E-state index in [1.165, 1.54) is 28.8 Å². The Morgan fingerprint density at radius 1 is 0.966 bits per heavy atom. The SMILES string of the molecule is Cc1cc(C)cc(C2=CCCC(c3ccc(OC(F)(F)F)cc3)=C2)c1.NC(N)=S. The number of benzene rings is 2. The average Bonchev–Trinajstić information content (AvgIpc) is 2.60. The maximum absolute atomic E-state index is 12.3. The van der Waals surface area contributed by atoms with Gasteiger partial charge in [-0.05, 0) is 73.3 Å². The van der Waals surface area contributed by atoms with Crippen LogP contribution in [0.1, 0.15) is 35.1 Å². The van der Waals surface area contributed by atoms with Gasteiger partial charge in [0.15, 0.2) is 5.11 Å². The van der Waals surface area contributed by atoms with Gasteiger partial charge in [-0.3, -0.25) is 0 Å². The average molecular weight is 421 g/mol. The topological polar surface area (TPSA) is 61.3 Å². The van der Waals surface area contributed by atoms with Crippen LogP contribution in [0.2, 0.25) is 0 Å². The molecule has 0 aliphatic heterocycles. The predicted octanol–water partition coefficient (Wildman–Crippen LogP) is 5.65. The molecule has 0 amide bonds. The summed E-state index contributed by atoms with van der Waals surface area (Å²) < 4.78 is 40.7. The summed E-state index contributed by atoms with van der Waals surface area (Å²) in [5, 5.41) is 0.000000000000000222. The molecule has 0 unspecified atom stereocenters. The molecule has 0 saturated heterocycles. The number of rotatable bonds is 3. The highest BCUT2D eigenvalue weighted by Crippen LogP contribution is 2.33. The highest BCUT2D eigenvalue weighted by atomic mass is 32.1. The van der Waals surface area contributed by atoms with Crippen molar-refractivity contribution in [1.29, 1.82) is 0 Å². The first-order valence-electron chi connectivity index (χ1n) is 8.94. The molecular weight excluding hydrogens is 397 g/mol. The minimum atomic E-state index is -4.66. The Kier molecular flexibility index (Phi) is 7.45. The largest absolute Gasteiger partial charge is 0.573 e. The van der Waals surface area contributed by atoms with Crippen molar-refractivity contribution in [3.8, 4) is 5.75 Å². The number of ether oxygens (including phenoxy) is 1. The van der Waals surface area contributed by atoms with Gasteiger partial charge in [-0.25, -0.2) is 0 Å². The van der Waals surface area contributed by atoms with Gasteiger partial charge in [0.25, 0.3) is 0 Å². The lowest BCUT2D eigenvalue weighted by Crippen LogP contribution is -2.18. The van der Waals surface area contributed by atoms with Gasteiger partial charge >= 0.3 is 6.36 Å². The molecule has 0 spiro atoms. The zero-order valence-electron chi connectivity index (χ0n) is 16.2. The van der Waals surface area contributed by atoms with Crippen LogP contribution in [0, 0.1) is 13.8 Å². The van der Waals surface area contributed by atoms with Crippen molar-refractivity contribution in [2.45, 2.75) is 33.1 Å². The first kappa shape index (κ1) is 22.5. The van der Waals surface area contributed by atoms with E-state index in [-0.39, 0.29) is 10.9 Å². The summed E-state index contributed by atoms with van der Waals surface area (Å²) in [6.45, 7) is 4.15. The van der Waals surface area contributed by atoms with Gasteiger partial charge < -0.3 is 16.2 Å². The van der Waals surface area contributed by atoms with E-state index < -0.39 is 6.36 Å². The fourth-order valence-electron chi connectivity index (χ4n) is 3.14. The third-order valence-corrected chi connectivity index (χ3v) is 4.12. The normalized spacial score (nSPS) is 13.6. The monoisotopic (exact) mass is 420 g/mol. The molecule has 7 heteroatoms. The lowest BCUT2D eigenvalue weighted by atomic mass is 9.90. The van der Waals surface area contributed by atoms with Crippen LogP contribution in [-0.4, -0.2) is 11.5 Å². The molecule has 3 rings (SSSR count). The summed E-state index contributed by atoms with van der Waals surface area (Å²) in [5.74, 6) is -0.197. The van der Waals surface area contributed by atoms with Crippen LogP contribution in [0.3, 0.4) is 0 Å². The standard InChI is InChI=1S/C21H19F3O.CH4N2S/c1-14-10-15(2)12-19(11-14)18-5-3-4-17(13-18)16-6-8-20(9-7-16)25-21(22,23)24;2-1(3)4/h5-13H,3-4H2,1-2H3;(H4,2,3,4). The number of halogens is 3. The van der Waals surface area contributed by atoms with Gasteiger partial charge in [0.2, 0.25) is 0 Å². The highest BCUT2D eigenvalue weighted by Gasteiger charge is 2.31. The zero-order valence-corrected chi connectivity index (χ0v) is 17.0. The second-order valence-electron chi connectivity index (χ2n) is 6.72. The fourth-order valence-corrected chi connectivity index (χ4v) is 3.14. The predicted molar refractivity (Wildman–Crippen MR) is 115 cm³/mol. The van der Waals surface area contributed by atoms with Crippen LogP contribution < -0.4 is 16.2 Å². The number of nitrogens with two attached hydrogens (primary N) is 2. The summed E-state index contributed by atoms with van der Waals surface area (Å²) in [6.07, 6.45) is 1.45. The zero-order chi connectivity index (χ0) is 21.6. The van der Waals surface area contributed by atoms with Gasteiger partial charge in [-0.1, -0.05) is 53.6 Å². The summed E-state index contributed by atoms with van der Waals surface area (Å²) in [6, 6.07) is 12.5. The molecule has 154 valence electrons. The number of alkyl halides is 3. The van der Waals surface area contributed by atoms with Gasteiger partial charge in [0.05, 0.1) is 0 Å². The first-order valence-corrected chi connectivity index (χ1v) is 9.35. The van der Waals surface area contributed by atoms with E-state index >= 15 is 0 Å². The Hall–Kier alpha value is -2.80.